The van der Waals surface area contributed by atoms with Crippen LogP contribution in [0.25, 0.3) is 17.2 Å². The highest BCUT2D eigenvalue weighted by Crippen LogP contribution is 2.28. The number of hydrogen-bond acceptors (Lipinski definition) is 5. The van der Waals surface area contributed by atoms with Gasteiger partial charge < -0.3 is 0 Å². The van der Waals surface area contributed by atoms with E-state index in [0.717, 1.165) is 10.6 Å². The zero-order valence-corrected chi connectivity index (χ0v) is 20.2. The molecule has 3 heterocycles. The summed E-state index contributed by atoms with van der Waals surface area (Å²) in [6, 6.07) is 2.41. The summed E-state index contributed by atoms with van der Waals surface area (Å²) < 4.78 is 31.7. The molecule has 10 heteroatoms. The fraction of sp³-hybridized carbons (Fsp3) is 0.200. The van der Waals surface area contributed by atoms with Crippen molar-refractivity contribution in [3.05, 3.63) is 67.8 Å². The van der Waals surface area contributed by atoms with Crippen LogP contribution in [-0.2, 0) is 6.42 Å². The Morgan fingerprint density at radius 1 is 1.03 bits per heavy atom. The zero-order valence-electron chi connectivity index (χ0n) is 16.2. The lowest BCUT2D eigenvalue weighted by molar-refractivity contribution is 0.581. The van der Waals surface area contributed by atoms with Crippen molar-refractivity contribution in [1.29, 1.82) is 0 Å². The summed E-state index contributed by atoms with van der Waals surface area (Å²) in [4.78, 5) is 18.1. The van der Waals surface area contributed by atoms with Crippen LogP contribution >= 0.6 is 43.6 Å². The average Bonchev–Trinajstić information content (AvgIpc) is 3.13. The molecule has 0 saturated heterocycles. The minimum Gasteiger partial charge on any atom is -0.291 e. The molecule has 1 aromatic carbocycles. The summed E-state index contributed by atoms with van der Waals surface area (Å²) in [5.41, 5.74) is 2.92. The molecule has 0 aliphatic heterocycles. The summed E-state index contributed by atoms with van der Waals surface area (Å²) >= 11 is 8.39. The van der Waals surface area contributed by atoms with E-state index >= 15 is 0 Å². The van der Waals surface area contributed by atoms with Crippen LogP contribution in [-0.4, -0.2) is 30.6 Å². The van der Waals surface area contributed by atoms with Gasteiger partial charge in [0.2, 0.25) is 0 Å². The molecule has 4 aromatic rings. The fourth-order valence-electron chi connectivity index (χ4n) is 2.99. The quantitative estimate of drug-likeness (QED) is 0.231. The largest absolute Gasteiger partial charge is 0.291 e. The first kappa shape index (κ1) is 21.3. The summed E-state index contributed by atoms with van der Waals surface area (Å²) in [5.74, 6) is -0.534. The minimum atomic E-state index is -0.479. The number of thioether (sulfide) groups is 1. The van der Waals surface area contributed by atoms with E-state index in [9.17, 15) is 8.78 Å². The lowest BCUT2D eigenvalue weighted by Gasteiger charge is -2.11. The van der Waals surface area contributed by atoms with Gasteiger partial charge in [-0.15, -0.1) is 11.8 Å². The van der Waals surface area contributed by atoms with Crippen LogP contribution in [0.3, 0.4) is 0 Å². The molecule has 0 radical (unpaired) electrons. The van der Waals surface area contributed by atoms with E-state index in [4.69, 9.17) is 0 Å². The number of aromatic nitrogens is 5. The maximum Gasteiger partial charge on any atom is 0.181 e. The molecule has 0 N–H and O–H groups in total. The van der Waals surface area contributed by atoms with Gasteiger partial charge in [0.25, 0.3) is 0 Å². The maximum absolute atomic E-state index is 14.5. The molecule has 0 aliphatic carbocycles. The number of halogens is 4. The third-order valence-electron chi connectivity index (χ3n) is 4.68. The van der Waals surface area contributed by atoms with E-state index in [1.54, 1.807) is 12.4 Å². The van der Waals surface area contributed by atoms with Crippen LogP contribution in [0.2, 0.25) is 0 Å². The Morgan fingerprint density at radius 2 is 1.73 bits per heavy atom. The summed E-state index contributed by atoms with van der Waals surface area (Å²) in [5, 5.41) is 0.885. The van der Waals surface area contributed by atoms with E-state index < -0.39 is 11.6 Å². The van der Waals surface area contributed by atoms with Crippen molar-refractivity contribution in [2.75, 3.05) is 6.26 Å². The molecule has 4 rings (SSSR count). The van der Waals surface area contributed by atoms with Gasteiger partial charge in [-0.3, -0.25) is 4.40 Å². The summed E-state index contributed by atoms with van der Waals surface area (Å²) in [7, 11) is 0. The molecule has 0 atom stereocenters. The Bertz CT molecular complexity index is 1270. The number of fused-ring (bicyclic) bond motifs is 1. The first-order valence-corrected chi connectivity index (χ1v) is 11.6. The lowest BCUT2D eigenvalue weighted by Crippen LogP contribution is -2.05. The number of nitrogens with zero attached hydrogens (tertiary/aromatic N) is 5. The second-order valence-electron chi connectivity index (χ2n) is 6.69. The molecule has 0 amide bonds. The van der Waals surface area contributed by atoms with Gasteiger partial charge >= 0.3 is 0 Å². The Balaban J connectivity index is 1.91. The van der Waals surface area contributed by atoms with Gasteiger partial charge in [0.1, 0.15) is 26.5 Å². The van der Waals surface area contributed by atoms with Crippen LogP contribution in [0.5, 0.6) is 0 Å². The molecule has 5 nitrogen and oxygen atoms in total. The third-order valence-corrected chi connectivity index (χ3v) is 6.94. The lowest BCUT2D eigenvalue weighted by atomic mass is 10.1. The molecule has 0 aliphatic rings. The van der Waals surface area contributed by atoms with Crippen LogP contribution in [0, 0.1) is 25.5 Å². The van der Waals surface area contributed by atoms with Crippen molar-refractivity contribution in [1.82, 2.24) is 24.3 Å². The Kier molecular flexibility index (Phi) is 5.91. The number of imidazole rings is 1. The Hall–Kier alpha value is -1.91. The van der Waals surface area contributed by atoms with Gasteiger partial charge in [0, 0.05) is 18.2 Å². The van der Waals surface area contributed by atoms with Gasteiger partial charge in [-0.05, 0) is 75.2 Å². The second kappa shape index (κ2) is 8.32. The Labute approximate surface area is 192 Å². The van der Waals surface area contributed by atoms with Gasteiger partial charge in [-0.2, -0.15) is 0 Å². The average molecular weight is 555 g/mol. The molecule has 0 fully saturated rings. The standard InChI is InChI=1S/C20H15Br2F2N5S/c1-9-4-13(24)11(5-12(9)23)6-14-20-25-7-16(30-3)29(20)8-15(26-14)19-27-17(21)10(2)18(22)28-19/h4-5,7-8H,6H2,1-3H3. The van der Waals surface area contributed by atoms with E-state index in [-0.39, 0.29) is 17.5 Å². The van der Waals surface area contributed by atoms with Gasteiger partial charge in [-0.25, -0.2) is 28.7 Å². The maximum atomic E-state index is 14.5. The topological polar surface area (TPSA) is 56.0 Å². The smallest absolute Gasteiger partial charge is 0.181 e. The number of benzene rings is 1. The first-order valence-electron chi connectivity index (χ1n) is 8.84. The highest BCUT2D eigenvalue weighted by atomic mass is 79.9. The van der Waals surface area contributed by atoms with Crippen molar-refractivity contribution in [3.8, 4) is 11.5 Å². The SMILES string of the molecule is CSc1cnc2c(Cc3cc(F)c(C)cc3F)nc(-c3nc(Br)c(C)c(Br)n3)cn12. The molecule has 154 valence electrons. The predicted molar refractivity (Wildman–Crippen MR) is 120 cm³/mol. The van der Waals surface area contributed by atoms with Crippen molar-refractivity contribution < 1.29 is 8.78 Å². The van der Waals surface area contributed by atoms with Crippen LogP contribution in [0.1, 0.15) is 22.4 Å². The van der Waals surface area contributed by atoms with Crippen molar-refractivity contribution in [3.63, 3.8) is 0 Å². The summed E-state index contributed by atoms with van der Waals surface area (Å²) in [6.07, 6.45) is 5.55. The number of hydrogen-bond donors (Lipinski definition) is 0. The van der Waals surface area contributed by atoms with E-state index in [2.05, 4.69) is 51.8 Å². The van der Waals surface area contributed by atoms with Crippen LogP contribution in [0.15, 0.2) is 38.8 Å². The number of aryl methyl sites for hydroxylation is 1. The number of rotatable bonds is 4. The molecular formula is C20H15Br2F2N5S. The minimum absolute atomic E-state index is 0.0827. The predicted octanol–water partition coefficient (Wildman–Crippen LogP) is 5.92. The highest BCUT2D eigenvalue weighted by Gasteiger charge is 2.18. The van der Waals surface area contributed by atoms with Gasteiger partial charge in [-0.1, -0.05) is 0 Å². The highest BCUT2D eigenvalue weighted by molar-refractivity contribution is 9.11. The molecule has 30 heavy (non-hydrogen) atoms. The van der Waals surface area contributed by atoms with Crippen LogP contribution in [0.4, 0.5) is 8.78 Å². The zero-order chi connectivity index (χ0) is 21.6. The van der Waals surface area contributed by atoms with E-state index in [1.807, 2.05) is 17.6 Å². The van der Waals surface area contributed by atoms with Crippen LogP contribution < -0.4 is 0 Å². The van der Waals surface area contributed by atoms with Gasteiger partial charge in [0.05, 0.1) is 16.9 Å². The van der Waals surface area contributed by atoms with Crippen molar-refractivity contribution in [2.24, 2.45) is 0 Å². The monoisotopic (exact) mass is 553 g/mol. The van der Waals surface area contributed by atoms with Gasteiger partial charge in [0.15, 0.2) is 11.5 Å². The molecule has 0 bridgehead atoms. The molecule has 0 spiro atoms. The Morgan fingerprint density at radius 3 is 2.40 bits per heavy atom. The summed E-state index contributed by atoms with van der Waals surface area (Å²) in [6.45, 7) is 3.42. The van der Waals surface area contributed by atoms with E-state index in [1.165, 1.54) is 30.8 Å². The molecular weight excluding hydrogens is 540 g/mol. The van der Waals surface area contributed by atoms with Crippen molar-refractivity contribution in [2.45, 2.75) is 25.3 Å². The molecule has 3 aromatic heterocycles. The second-order valence-corrected chi connectivity index (χ2v) is 9.02. The van der Waals surface area contributed by atoms with E-state index in [0.29, 0.717) is 32.1 Å². The molecule has 0 saturated carbocycles. The fourth-order valence-corrected chi connectivity index (χ4v) is 4.46. The normalized spacial score (nSPS) is 11.4. The molecule has 0 unspecified atom stereocenters. The van der Waals surface area contributed by atoms with Crippen molar-refractivity contribution >= 4 is 49.3 Å². The third kappa shape index (κ3) is 3.88. The first-order chi connectivity index (χ1) is 14.3.